The van der Waals surface area contributed by atoms with Crippen LogP contribution in [0.25, 0.3) is 0 Å². The van der Waals surface area contributed by atoms with Crippen LogP contribution >= 0.6 is 0 Å². The standard InChI is InChI=1S/C21H28N2O5S/c1-5-23(6-2)29(25,26)20-10-8-17(9-11-20)22-21(24)12-7-16-13-18(27-3)15-19(14-16)28-4/h8-11,13-15H,5-7,12H2,1-4H3,(H,22,24). The topological polar surface area (TPSA) is 84.9 Å². The number of sulfonamides is 1. The largest absolute Gasteiger partial charge is 0.497 e. The maximum Gasteiger partial charge on any atom is 0.243 e. The number of amides is 1. The minimum Gasteiger partial charge on any atom is -0.497 e. The first-order valence-corrected chi connectivity index (χ1v) is 10.9. The molecule has 0 spiro atoms. The van der Waals surface area contributed by atoms with Gasteiger partial charge < -0.3 is 14.8 Å². The Kier molecular flexibility index (Phi) is 8.04. The van der Waals surface area contributed by atoms with Gasteiger partial charge in [-0.15, -0.1) is 0 Å². The van der Waals surface area contributed by atoms with Crippen molar-refractivity contribution in [2.75, 3.05) is 32.6 Å². The number of hydrogen-bond acceptors (Lipinski definition) is 5. The van der Waals surface area contributed by atoms with E-state index in [0.29, 0.717) is 36.7 Å². The molecule has 0 aliphatic carbocycles. The van der Waals surface area contributed by atoms with Crippen LogP contribution in [0.2, 0.25) is 0 Å². The molecule has 0 bridgehead atoms. The fourth-order valence-electron chi connectivity index (χ4n) is 2.91. The summed E-state index contributed by atoms with van der Waals surface area (Å²) >= 11 is 0. The molecule has 0 unspecified atom stereocenters. The smallest absolute Gasteiger partial charge is 0.243 e. The quantitative estimate of drug-likeness (QED) is 0.637. The normalized spacial score (nSPS) is 11.3. The summed E-state index contributed by atoms with van der Waals surface area (Å²) in [4.78, 5) is 12.5. The number of carbonyl (C=O) groups is 1. The maximum absolute atomic E-state index is 12.5. The molecule has 0 heterocycles. The molecule has 1 amide bonds. The number of benzene rings is 2. The van der Waals surface area contributed by atoms with Crippen molar-refractivity contribution < 1.29 is 22.7 Å². The van der Waals surface area contributed by atoms with Crippen molar-refractivity contribution in [1.29, 1.82) is 0 Å². The monoisotopic (exact) mass is 420 g/mol. The van der Waals surface area contributed by atoms with Gasteiger partial charge in [-0.3, -0.25) is 4.79 Å². The number of ether oxygens (including phenoxy) is 2. The van der Waals surface area contributed by atoms with Crippen LogP contribution in [-0.2, 0) is 21.2 Å². The van der Waals surface area contributed by atoms with E-state index < -0.39 is 10.0 Å². The first-order chi connectivity index (χ1) is 13.8. The number of nitrogens with one attached hydrogen (secondary N) is 1. The Morgan fingerprint density at radius 1 is 0.966 bits per heavy atom. The second kappa shape index (κ2) is 10.3. The lowest BCUT2D eigenvalue weighted by Gasteiger charge is -2.18. The second-order valence-corrected chi connectivity index (χ2v) is 8.32. The van der Waals surface area contributed by atoms with Gasteiger partial charge in [-0.1, -0.05) is 13.8 Å². The zero-order valence-corrected chi connectivity index (χ0v) is 18.1. The molecule has 0 saturated heterocycles. The van der Waals surface area contributed by atoms with Crippen molar-refractivity contribution in [3.63, 3.8) is 0 Å². The highest BCUT2D eigenvalue weighted by Gasteiger charge is 2.21. The molecular formula is C21H28N2O5S. The van der Waals surface area contributed by atoms with E-state index in [-0.39, 0.29) is 17.2 Å². The first kappa shape index (κ1) is 22.7. The number of nitrogens with zero attached hydrogens (tertiary/aromatic N) is 1. The summed E-state index contributed by atoms with van der Waals surface area (Å²) < 4.78 is 36.9. The summed E-state index contributed by atoms with van der Waals surface area (Å²) in [6.07, 6.45) is 0.795. The minimum atomic E-state index is -3.51. The van der Waals surface area contributed by atoms with Crippen molar-refractivity contribution >= 4 is 21.6 Å². The van der Waals surface area contributed by atoms with Crippen molar-refractivity contribution in [1.82, 2.24) is 4.31 Å². The minimum absolute atomic E-state index is 0.161. The average molecular weight is 421 g/mol. The lowest BCUT2D eigenvalue weighted by Crippen LogP contribution is -2.30. The highest BCUT2D eigenvalue weighted by atomic mass is 32.2. The van der Waals surface area contributed by atoms with Crippen molar-refractivity contribution in [3.05, 3.63) is 48.0 Å². The molecule has 0 fully saturated rings. The molecule has 0 aromatic heterocycles. The summed E-state index contributed by atoms with van der Waals surface area (Å²) in [5.74, 6) is 1.18. The van der Waals surface area contributed by atoms with Gasteiger partial charge in [0.2, 0.25) is 15.9 Å². The molecule has 1 N–H and O–H groups in total. The van der Waals surface area contributed by atoms with E-state index in [0.717, 1.165) is 5.56 Å². The zero-order chi connectivity index (χ0) is 21.4. The van der Waals surface area contributed by atoms with Gasteiger partial charge in [0, 0.05) is 31.3 Å². The highest BCUT2D eigenvalue weighted by Crippen LogP contribution is 2.23. The van der Waals surface area contributed by atoms with Crippen molar-refractivity contribution in [3.8, 4) is 11.5 Å². The fraction of sp³-hybridized carbons (Fsp3) is 0.381. The lowest BCUT2D eigenvalue weighted by atomic mass is 10.1. The van der Waals surface area contributed by atoms with Crippen LogP contribution in [0.4, 0.5) is 5.69 Å². The van der Waals surface area contributed by atoms with E-state index in [1.807, 2.05) is 12.1 Å². The Labute approximate surface area is 172 Å². The highest BCUT2D eigenvalue weighted by molar-refractivity contribution is 7.89. The molecule has 29 heavy (non-hydrogen) atoms. The Morgan fingerprint density at radius 3 is 2.00 bits per heavy atom. The third-order valence-corrected chi connectivity index (χ3v) is 6.60. The van der Waals surface area contributed by atoms with Crippen molar-refractivity contribution in [2.45, 2.75) is 31.6 Å². The van der Waals surface area contributed by atoms with E-state index in [1.54, 1.807) is 46.3 Å². The number of methoxy groups -OCH3 is 2. The van der Waals surface area contributed by atoms with E-state index >= 15 is 0 Å². The van der Waals surface area contributed by atoms with E-state index in [1.165, 1.54) is 16.4 Å². The predicted octanol–water partition coefficient (Wildman–Crippen LogP) is 3.31. The predicted molar refractivity (Wildman–Crippen MR) is 113 cm³/mol. The molecule has 0 saturated carbocycles. The molecule has 0 aliphatic rings. The van der Waals surface area contributed by atoms with Gasteiger partial charge in [0.1, 0.15) is 11.5 Å². The summed E-state index contributed by atoms with van der Waals surface area (Å²) in [5.41, 5.74) is 1.48. The Morgan fingerprint density at radius 2 is 1.52 bits per heavy atom. The molecule has 2 aromatic rings. The number of anilines is 1. The molecule has 0 aliphatic heterocycles. The van der Waals surface area contributed by atoms with E-state index in [4.69, 9.17) is 9.47 Å². The zero-order valence-electron chi connectivity index (χ0n) is 17.3. The summed E-state index contributed by atoms with van der Waals surface area (Å²) in [5, 5.41) is 2.80. The van der Waals surface area contributed by atoms with Gasteiger partial charge in [0.05, 0.1) is 19.1 Å². The Bertz CT molecular complexity index is 900. The molecule has 2 aromatic carbocycles. The van der Waals surface area contributed by atoms with Crippen LogP contribution in [0.1, 0.15) is 25.8 Å². The molecule has 7 nitrogen and oxygen atoms in total. The fourth-order valence-corrected chi connectivity index (χ4v) is 4.37. The average Bonchev–Trinajstić information content (AvgIpc) is 2.73. The number of aryl methyl sites for hydroxylation is 1. The Hall–Kier alpha value is -2.58. The molecular weight excluding hydrogens is 392 g/mol. The SMILES string of the molecule is CCN(CC)S(=O)(=O)c1ccc(NC(=O)CCc2cc(OC)cc(OC)c2)cc1. The third kappa shape index (κ3) is 5.95. The summed E-state index contributed by atoms with van der Waals surface area (Å²) in [6.45, 7) is 4.42. The number of carbonyl (C=O) groups excluding carboxylic acids is 1. The van der Waals surface area contributed by atoms with Crippen LogP contribution < -0.4 is 14.8 Å². The van der Waals surface area contributed by atoms with E-state index in [2.05, 4.69) is 5.32 Å². The maximum atomic E-state index is 12.5. The van der Waals surface area contributed by atoms with Gasteiger partial charge in [-0.25, -0.2) is 8.42 Å². The first-order valence-electron chi connectivity index (χ1n) is 9.46. The van der Waals surface area contributed by atoms with Crippen LogP contribution in [0, 0.1) is 0 Å². The summed E-state index contributed by atoms with van der Waals surface area (Å²) in [6, 6.07) is 11.7. The lowest BCUT2D eigenvalue weighted by molar-refractivity contribution is -0.116. The van der Waals surface area contributed by atoms with Gasteiger partial charge in [0.15, 0.2) is 0 Å². The molecule has 8 heteroatoms. The molecule has 0 radical (unpaired) electrons. The van der Waals surface area contributed by atoms with Crippen LogP contribution in [-0.4, -0.2) is 45.9 Å². The van der Waals surface area contributed by atoms with Gasteiger partial charge in [-0.2, -0.15) is 4.31 Å². The molecule has 0 atom stereocenters. The number of rotatable bonds is 10. The van der Waals surface area contributed by atoms with Gasteiger partial charge in [0.25, 0.3) is 0 Å². The summed E-state index contributed by atoms with van der Waals surface area (Å²) in [7, 11) is -0.352. The van der Waals surface area contributed by atoms with Crippen LogP contribution in [0.15, 0.2) is 47.4 Å². The Balaban J connectivity index is 2.00. The molecule has 158 valence electrons. The van der Waals surface area contributed by atoms with Crippen molar-refractivity contribution in [2.24, 2.45) is 0 Å². The van der Waals surface area contributed by atoms with Crippen LogP contribution in [0.3, 0.4) is 0 Å². The number of hydrogen-bond donors (Lipinski definition) is 1. The third-order valence-electron chi connectivity index (χ3n) is 4.53. The van der Waals surface area contributed by atoms with Gasteiger partial charge >= 0.3 is 0 Å². The molecule has 2 rings (SSSR count). The van der Waals surface area contributed by atoms with E-state index in [9.17, 15) is 13.2 Å². The second-order valence-electron chi connectivity index (χ2n) is 6.38. The van der Waals surface area contributed by atoms with Crippen LogP contribution in [0.5, 0.6) is 11.5 Å². The van der Waals surface area contributed by atoms with Gasteiger partial charge in [-0.05, 0) is 48.4 Å².